The Morgan fingerprint density at radius 1 is 0.974 bits per heavy atom. The van der Waals surface area contributed by atoms with E-state index in [1.165, 1.54) is 21.5 Å². The number of aryl methyl sites for hydroxylation is 1. The van der Waals surface area contributed by atoms with Crippen molar-refractivity contribution in [3.05, 3.63) is 89.9 Å². The number of fused-ring (bicyclic) bond motifs is 3. The molecule has 0 spiro atoms. The molecule has 0 atom stereocenters. The Morgan fingerprint density at radius 3 is 2.56 bits per heavy atom. The molecule has 10 nitrogen and oxygen atoms in total. The highest BCUT2D eigenvalue weighted by atomic mass is 19.4. The van der Waals surface area contributed by atoms with Crippen LogP contribution in [0, 0.1) is 0 Å². The van der Waals surface area contributed by atoms with E-state index in [0.29, 0.717) is 33.6 Å². The molecular formula is C26H20F3N9O. The van der Waals surface area contributed by atoms with Crippen molar-refractivity contribution in [2.24, 2.45) is 7.05 Å². The average molecular weight is 532 g/mol. The van der Waals surface area contributed by atoms with Gasteiger partial charge in [0.2, 0.25) is 11.9 Å². The molecule has 13 heteroatoms. The molecule has 1 N–H and O–H groups in total. The van der Waals surface area contributed by atoms with Crippen molar-refractivity contribution in [2.75, 3.05) is 5.32 Å². The minimum absolute atomic E-state index is 0.131. The summed E-state index contributed by atoms with van der Waals surface area (Å²) in [5.41, 5.74) is 1.95. The number of amides is 1. The van der Waals surface area contributed by atoms with Crippen LogP contribution in [0.4, 0.5) is 19.1 Å². The van der Waals surface area contributed by atoms with Gasteiger partial charge in [-0.2, -0.15) is 32.9 Å². The second-order valence-electron chi connectivity index (χ2n) is 8.98. The first-order valence-electron chi connectivity index (χ1n) is 11.9. The summed E-state index contributed by atoms with van der Waals surface area (Å²) < 4.78 is 43.8. The Morgan fingerprint density at radius 2 is 1.77 bits per heavy atom. The number of carbonyl (C=O) groups is 1. The molecule has 0 aliphatic heterocycles. The summed E-state index contributed by atoms with van der Waals surface area (Å²) >= 11 is 0. The first-order valence-corrected chi connectivity index (χ1v) is 11.9. The largest absolute Gasteiger partial charge is 0.416 e. The lowest BCUT2D eigenvalue weighted by Gasteiger charge is -2.08. The van der Waals surface area contributed by atoms with E-state index in [4.69, 9.17) is 0 Å². The van der Waals surface area contributed by atoms with Crippen LogP contribution >= 0.6 is 0 Å². The fraction of sp³-hybridized carbons (Fsp3) is 0.154. The average Bonchev–Trinajstić information content (AvgIpc) is 3.62. The van der Waals surface area contributed by atoms with Crippen molar-refractivity contribution in [2.45, 2.75) is 19.1 Å². The van der Waals surface area contributed by atoms with E-state index in [0.717, 1.165) is 17.7 Å². The Bertz CT molecular complexity index is 1820. The van der Waals surface area contributed by atoms with Crippen LogP contribution in [0.15, 0.2) is 73.2 Å². The van der Waals surface area contributed by atoms with E-state index in [2.05, 4.69) is 30.6 Å². The second-order valence-corrected chi connectivity index (χ2v) is 8.98. The fourth-order valence-corrected chi connectivity index (χ4v) is 4.25. The summed E-state index contributed by atoms with van der Waals surface area (Å²) in [6.07, 6.45) is 0.656. The van der Waals surface area contributed by atoms with Crippen molar-refractivity contribution < 1.29 is 18.0 Å². The van der Waals surface area contributed by atoms with Gasteiger partial charge in [0, 0.05) is 19.4 Å². The van der Waals surface area contributed by atoms with Crippen LogP contribution in [-0.4, -0.2) is 45.1 Å². The van der Waals surface area contributed by atoms with Crippen LogP contribution in [0.2, 0.25) is 0 Å². The first-order chi connectivity index (χ1) is 18.7. The van der Waals surface area contributed by atoms with Crippen LogP contribution in [0.25, 0.3) is 28.1 Å². The SMILES string of the molecule is Cn1cc2c(nc(NC(=O)Cc3ccccc3)n3nc(-c4cnn(Cc5cccc(C(F)(F)F)c5)c4)nc23)n1. The Labute approximate surface area is 218 Å². The molecule has 0 saturated heterocycles. The van der Waals surface area contributed by atoms with Crippen LogP contribution in [0.1, 0.15) is 16.7 Å². The summed E-state index contributed by atoms with van der Waals surface area (Å²) in [4.78, 5) is 21.9. The van der Waals surface area contributed by atoms with Crippen molar-refractivity contribution in [1.82, 2.24) is 39.1 Å². The number of benzene rings is 2. The highest BCUT2D eigenvalue weighted by molar-refractivity contribution is 5.95. The van der Waals surface area contributed by atoms with Gasteiger partial charge in [-0.3, -0.25) is 19.5 Å². The number of alkyl halides is 3. The lowest BCUT2D eigenvalue weighted by molar-refractivity contribution is -0.137. The summed E-state index contributed by atoms with van der Waals surface area (Å²) in [5.74, 6) is 0.186. The second kappa shape index (κ2) is 9.35. The number of halogens is 3. The van der Waals surface area contributed by atoms with Crippen molar-refractivity contribution in [3.63, 3.8) is 0 Å². The van der Waals surface area contributed by atoms with Gasteiger partial charge in [-0.1, -0.05) is 42.5 Å². The number of hydrogen-bond donors (Lipinski definition) is 1. The lowest BCUT2D eigenvalue weighted by Crippen LogP contribution is -2.18. The first kappa shape index (κ1) is 24.3. The summed E-state index contributed by atoms with van der Waals surface area (Å²) in [6.45, 7) is 0.131. The maximum absolute atomic E-state index is 13.1. The number of rotatable bonds is 6. The van der Waals surface area contributed by atoms with Crippen LogP contribution in [0.5, 0.6) is 0 Å². The molecule has 39 heavy (non-hydrogen) atoms. The molecule has 0 unspecified atom stereocenters. The van der Waals surface area contributed by atoms with E-state index in [1.807, 2.05) is 30.3 Å². The Balaban J connectivity index is 1.32. The van der Waals surface area contributed by atoms with Gasteiger partial charge in [-0.05, 0) is 23.3 Å². The minimum Gasteiger partial charge on any atom is -0.294 e. The molecule has 0 bridgehead atoms. The van der Waals surface area contributed by atoms with Gasteiger partial charge in [-0.15, -0.1) is 5.10 Å². The molecule has 1 amide bonds. The maximum atomic E-state index is 13.1. The monoisotopic (exact) mass is 531 g/mol. The van der Waals surface area contributed by atoms with Gasteiger partial charge in [0.25, 0.3) is 0 Å². The third-order valence-corrected chi connectivity index (χ3v) is 6.02. The Hall–Kier alpha value is -5.07. The zero-order valence-electron chi connectivity index (χ0n) is 20.5. The highest BCUT2D eigenvalue weighted by Gasteiger charge is 2.30. The normalized spacial score (nSPS) is 11.9. The van der Waals surface area contributed by atoms with E-state index in [-0.39, 0.29) is 24.8 Å². The lowest BCUT2D eigenvalue weighted by atomic mass is 10.1. The van der Waals surface area contributed by atoms with Gasteiger partial charge < -0.3 is 0 Å². The topological polar surface area (TPSA) is 108 Å². The smallest absolute Gasteiger partial charge is 0.294 e. The zero-order chi connectivity index (χ0) is 27.1. The molecule has 2 aromatic carbocycles. The molecule has 4 aromatic heterocycles. The number of hydrogen-bond acceptors (Lipinski definition) is 6. The standard InChI is InChI=1S/C26H20F3N9O/c1-36-15-20-23(34-36)33-25(31-21(39)11-16-6-3-2-4-7-16)38-24(20)32-22(35-38)18-12-30-37(14-18)13-17-8-5-9-19(10-17)26(27,28)29/h2-10,12,14-15H,11,13H2,1H3,(H,31,33,34,39). The van der Waals surface area contributed by atoms with Gasteiger partial charge in [0.1, 0.15) is 0 Å². The summed E-state index contributed by atoms with van der Waals surface area (Å²) in [6, 6.07) is 14.4. The molecule has 0 saturated carbocycles. The van der Waals surface area contributed by atoms with Crippen molar-refractivity contribution >= 4 is 28.5 Å². The van der Waals surface area contributed by atoms with E-state index in [1.54, 1.807) is 30.2 Å². The van der Waals surface area contributed by atoms with Gasteiger partial charge in [0.05, 0.1) is 35.7 Å². The summed E-state index contributed by atoms with van der Waals surface area (Å²) in [5, 5.41) is 16.6. The van der Waals surface area contributed by atoms with Crippen molar-refractivity contribution in [1.29, 1.82) is 0 Å². The van der Waals surface area contributed by atoms with Crippen LogP contribution in [-0.2, 0) is 31.0 Å². The molecule has 0 radical (unpaired) electrons. The highest BCUT2D eigenvalue weighted by Crippen LogP contribution is 2.30. The predicted octanol–water partition coefficient (Wildman–Crippen LogP) is 4.12. The maximum Gasteiger partial charge on any atom is 0.416 e. The quantitative estimate of drug-likeness (QED) is 0.347. The number of aromatic nitrogens is 8. The van der Waals surface area contributed by atoms with Crippen LogP contribution < -0.4 is 5.32 Å². The molecule has 6 aromatic rings. The number of anilines is 1. The Kier molecular flexibility index (Phi) is 5.82. The molecular weight excluding hydrogens is 511 g/mol. The van der Waals surface area contributed by atoms with E-state index >= 15 is 0 Å². The number of nitrogens with zero attached hydrogens (tertiary/aromatic N) is 8. The predicted molar refractivity (Wildman–Crippen MR) is 136 cm³/mol. The van der Waals surface area contributed by atoms with Gasteiger partial charge >= 0.3 is 6.18 Å². The van der Waals surface area contributed by atoms with Gasteiger partial charge in [-0.25, -0.2) is 4.98 Å². The zero-order valence-corrected chi connectivity index (χ0v) is 20.5. The molecule has 196 valence electrons. The van der Waals surface area contributed by atoms with E-state index in [9.17, 15) is 18.0 Å². The number of carbonyl (C=O) groups excluding carboxylic acids is 1. The molecule has 4 heterocycles. The molecule has 6 rings (SSSR count). The van der Waals surface area contributed by atoms with Crippen molar-refractivity contribution in [3.8, 4) is 11.4 Å². The molecule has 0 aliphatic carbocycles. The molecule has 0 aliphatic rings. The fourth-order valence-electron chi connectivity index (χ4n) is 4.25. The van der Waals surface area contributed by atoms with Crippen LogP contribution in [0.3, 0.4) is 0 Å². The van der Waals surface area contributed by atoms with Gasteiger partial charge in [0.15, 0.2) is 17.1 Å². The minimum atomic E-state index is -4.42. The van der Waals surface area contributed by atoms with E-state index < -0.39 is 11.7 Å². The third kappa shape index (κ3) is 4.93. The third-order valence-electron chi connectivity index (χ3n) is 6.02. The number of nitrogens with one attached hydrogen (secondary N) is 1. The summed E-state index contributed by atoms with van der Waals surface area (Å²) in [7, 11) is 1.75. The molecule has 0 fully saturated rings.